The molecular weight excluding hydrogens is 250 g/mol. The van der Waals surface area contributed by atoms with Gasteiger partial charge in [0.15, 0.2) is 5.69 Å². The van der Waals surface area contributed by atoms with Crippen LogP contribution in [0.1, 0.15) is 30.8 Å². The normalized spacial score (nSPS) is 19.8. The molecule has 0 radical (unpaired) electrons. The van der Waals surface area contributed by atoms with E-state index in [-0.39, 0.29) is 22.6 Å². The van der Waals surface area contributed by atoms with Gasteiger partial charge in [0.2, 0.25) is 5.82 Å². The van der Waals surface area contributed by atoms with E-state index >= 15 is 0 Å². The molecule has 7 heteroatoms. The fourth-order valence-corrected chi connectivity index (χ4v) is 1.99. The van der Waals surface area contributed by atoms with E-state index in [0.29, 0.717) is 12.5 Å². The van der Waals surface area contributed by atoms with Crippen LogP contribution in [0.3, 0.4) is 0 Å². The highest BCUT2D eigenvalue weighted by molar-refractivity contribution is 5.86. The van der Waals surface area contributed by atoms with Crippen LogP contribution in [0, 0.1) is 21.4 Å². The van der Waals surface area contributed by atoms with Gasteiger partial charge in [0.25, 0.3) is 0 Å². The van der Waals surface area contributed by atoms with Crippen molar-refractivity contribution >= 4 is 17.5 Å². The Labute approximate surface area is 109 Å². The minimum atomic E-state index is -1.20. The molecule has 2 N–H and O–H groups in total. The van der Waals surface area contributed by atoms with E-state index in [4.69, 9.17) is 5.11 Å². The zero-order chi connectivity index (χ0) is 14.2. The number of pyridine rings is 1. The maximum atomic E-state index is 10.9. The Balaban J connectivity index is 2.18. The quantitative estimate of drug-likeness (QED) is 0.624. The average Bonchev–Trinajstić information content (AvgIpc) is 2.93. The summed E-state index contributed by atoms with van der Waals surface area (Å²) in [5.41, 5.74) is -0.168. The lowest BCUT2D eigenvalue weighted by Crippen LogP contribution is -2.12. The molecule has 102 valence electrons. The minimum Gasteiger partial charge on any atom is -0.477 e. The number of anilines is 1. The number of carboxylic acid groups (broad SMARTS) is 1. The molecular formula is C12H15N3O4. The summed E-state index contributed by atoms with van der Waals surface area (Å²) in [5.74, 6) is -0.750. The second-order valence-corrected chi connectivity index (χ2v) is 5.40. The third-order valence-corrected chi connectivity index (χ3v) is 3.52. The molecule has 0 spiro atoms. The second-order valence-electron chi connectivity index (χ2n) is 5.40. The smallest absolute Gasteiger partial charge is 0.354 e. The number of nitrogens with zero attached hydrogens (tertiary/aromatic N) is 2. The number of aromatic nitrogens is 1. The van der Waals surface area contributed by atoms with Crippen LogP contribution < -0.4 is 5.32 Å². The minimum absolute atomic E-state index is 0.0209. The Kier molecular flexibility index (Phi) is 3.13. The Morgan fingerprint density at radius 1 is 1.63 bits per heavy atom. The zero-order valence-corrected chi connectivity index (χ0v) is 10.7. The summed E-state index contributed by atoms with van der Waals surface area (Å²) in [6, 6.07) is 2.30. The molecule has 0 aliphatic heterocycles. The number of carbonyl (C=O) groups is 1. The topological polar surface area (TPSA) is 105 Å². The summed E-state index contributed by atoms with van der Waals surface area (Å²) in [6.45, 7) is 4.80. The predicted molar refractivity (Wildman–Crippen MR) is 68.2 cm³/mol. The summed E-state index contributed by atoms with van der Waals surface area (Å²) in [5, 5.41) is 22.6. The SMILES string of the molecule is CC1(C)CC1CNc1nc(C(=O)O)ccc1[N+](=O)[O-]. The molecule has 1 fully saturated rings. The Morgan fingerprint density at radius 2 is 2.26 bits per heavy atom. The van der Waals surface area contributed by atoms with Gasteiger partial charge < -0.3 is 10.4 Å². The molecule has 2 rings (SSSR count). The predicted octanol–water partition coefficient (Wildman–Crippen LogP) is 2.15. The van der Waals surface area contributed by atoms with E-state index in [0.717, 1.165) is 18.6 Å². The molecule has 0 saturated heterocycles. The number of nitro groups is 1. The molecule has 1 aliphatic carbocycles. The number of hydrogen-bond donors (Lipinski definition) is 2. The Hall–Kier alpha value is -2.18. The van der Waals surface area contributed by atoms with Gasteiger partial charge in [0, 0.05) is 12.6 Å². The number of hydrogen-bond acceptors (Lipinski definition) is 5. The maximum absolute atomic E-state index is 10.9. The molecule has 1 atom stereocenters. The first kappa shape index (κ1) is 13.3. The van der Waals surface area contributed by atoms with Crippen molar-refractivity contribution in [1.29, 1.82) is 0 Å². The van der Waals surface area contributed by atoms with E-state index in [1.165, 1.54) is 0 Å². The van der Waals surface area contributed by atoms with Gasteiger partial charge in [-0.05, 0) is 23.8 Å². The Bertz CT molecular complexity index is 542. The van der Waals surface area contributed by atoms with Gasteiger partial charge in [-0.1, -0.05) is 13.8 Å². The number of nitrogens with one attached hydrogen (secondary N) is 1. The summed E-state index contributed by atoms with van der Waals surface area (Å²) in [7, 11) is 0. The lowest BCUT2D eigenvalue weighted by molar-refractivity contribution is -0.384. The van der Waals surface area contributed by atoms with Crippen molar-refractivity contribution in [3.05, 3.63) is 27.9 Å². The summed E-state index contributed by atoms with van der Waals surface area (Å²) < 4.78 is 0. The number of rotatable bonds is 5. The van der Waals surface area contributed by atoms with Crippen molar-refractivity contribution in [3.8, 4) is 0 Å². The van der Waals surface area contributed by atoms with Gasteiger partial charge in [0.05, 0.1) is 4.92 Å². The average molecular weight is 265 g/mol. The van der Waals surface area contributed by atoms with Gasteiger partial charge in [-0.2, -0.15) is 0 Å². The van der Waals surface area contributed by atoms with Crippen molar-refractivity contribution in [1.82, 2.24) is 4.98 Å². The zero-order valence-electron chi connectivity index (χ0n) is 10.7. The van der Waals surface area contributed by atoms with Crippen LogP contribution in [0.15, 0.2) is 12.1 Å². The van der Waals surface area contributed by atoms with E-state index in [1.54, 1.807) is 0 Å². The highest BCUT2D eigenvalue weighted by atomic mass is 16.6. The van der Waals surface area contributed by atoms with Crippen LogP contribution in [-0.4, -0.2) is 27.5 Å². The molecule has 0 amide bonds. The number of carboxylic acids is 1. The van der Waals surface area contributed by atoms with E-state index in [9.17, 15) is 14.9 Å². The van der Waals surface area contributed by atoms with Crippen LogP contribution in [0.2, 0.25) is 0 Å². The standard InChI is InChI=1S/C12H15N3O4/c1-12(2)5-7(12)6-13-10-9(15(18)19)4-3-8(14-10)11(16)17/h3-4,7H,5-6H2,1-2H3,(H,13,14)(H,16,17). The molecule has 0 bridgehead atoms. The third-order valence-electron chi connectivity index (χ3n) is 3.52. The summed E-state index contributed by atoms with van der Waals surface area (Å²) >= 11 is 0. The summed E-state index contributed by atoms with van der Waals surface area (Å²) in [4.78, 5) is 24.9. The molecule has 1 heterocycles. The van der Waals surface area contributed by atoms with Gasteiger partial charge in [-0.3, -0.25) is 10.1 Å². The molecule has 19 heavy (non-hydrogen) atoms. The van der Waals surface area contributed by atoms with Crippen molar-refractivity contribution in [2.45, 2.75) is 20.3 Å². The molecule has 1 unspecified atom stereocenters. The maximum Gasteiger partial charge on any atom is 0.354 e. The monoisotopic (exact) mass is 265 g/mol. The van der Waals surface area contributed by atoms with Gasteiger partial charge in [-0.25, -0.2) is 9.78 Å². The highest BCUT2D eigenvalue weighted by Crippen LogP contribution is 2.51. The van der Waals surface area contributed by atoms with Crippen molar-refractivity contribution in [2.75, 3.05) is 11.9 Å². The molecule has 1 saturated carbocycles. The molecule has 1 aromatic rings. The lowest BCUT2D eigenvalue weighted by atomic mass is 10.1. The summed E-state index contributed by atoms with van der Waals surface area (Å²) in [6.07, 6.45) is 1.05. The largest absolute Gasteiger partial charge is 0.477 e. The van der Waals surface area contributed by atoms with Crippen LogP contribution in [-0.2, 0) is 0 Å². The van der Waals surface area contributed by atoms with Crippen LogP contribution in [0.25, 0.3) is 0 Å². The fraction of sp³-hybridized carbons (Fsp3) is 0.500. The number of aromatic carboxylic acids is 1. The van der Waals surface area contributed by atoms with E-state index < -0.39 is 10.9 Å². The molecule has 0 aromatic carbocycles. The molecule has 7 nitrogen and oxygen atoms in total. The van der Waals surface area contributed by atoms with E-state index in [1.807, 2.05) is 0 Å². The van der Waals surface area contributed by atoms with Gasteiger partial charge in [-0.15, -0.1) is 0 Å². The van der Waals surface area contributed by atoms with Crippen molar-refractivity contribution < 1.29 is 14.8 Å². The van der Waals surface area contributed by atoms with Crippen molar-refractivity contribution in [2.24, 2.45) is 11.3 Å². The van der Waals surface area contributed by atoms with Gasteiger partial charge >= 0.3 is 11.7 Å². The molecule has 1 aromatic heterocycles. The van der Waals surface area contributed by atoms with Gasteiger partial charge in [0.1, 0.15) is 0 Å². The first-order chi connectivity index (χ1) is 8.81. The highest BCUT2D eigenvalue weighted by Gasteiger charge is 2.45. The second kappa shape index (κ2) is 4.49. The first-order valence-corrected chi connectivity index (χ1v) is 5.94. The third kappa shape index (κ3) is 2.81. The first-order valence-electron chi connectivity index (χ1n) is 5.94. The fourth-order valence-electron chi connectivity index (χ4n) is 1.99. The lowest BCUT2D eigenvalue weighted by Gasteiger charge is -2.08. The Morgan fingerprint density at radius 3 is 2.74 bits per heavy atom. The van der Waals surface area contributed by atoms with Crippen LogP contribution in [0.4, 0.5) is 11.5 Å². The van der Waals surface area contributed by atoms with Crippen LogP contribution >= 0.6 is 0 Å². The van der Waals surface area contributed by atoms with Crippen molar-refractivity contribution in [3.63, 3.8) is 0 Å². The molecule has 1 aliphatic rings. The van der Waals surface area contributed by atoms with Crippen LogP contribution in [0.5, 0.6) is 0 Å². The van der Waals surface area contributed by atoms with E-state index in [2.05, 4.69) is 24.1 Å².